The standard InChI is InChI=1S/C70H127NO10/c1-4-7-10-13-16-19-22-24-26-28-30-31-32-33-34-36-38-40-43-46-49-52-55-58-65(75)81-68-67(77)66(76)64(59-72)80-70(68)79-60-61(62(73)56-53-50-47-44-41-21-18-15-12-9-6-3)71-69(78)63(74)57-54-51-48-45-42-39-37-35-29-27-25-23-20-17-14-11-8-5-2/h16-17,19-20,24-27,53,56,61-64,66-68,70,72-74,76-77H,4-15,18,21-23,28-52,54-55,57-60H2,1-3H3,(H,71,78)/b19-16-,20-17-,26-24-,27-25-,56-53+. The normalized spacial score (nSPS) is 19.0. The van der Waals surface area contributed by atoms with E-state index in [1.165, 1.54) is 186 Å². The molecule has 0 bridgehead atoms. The third-order valence-corrected chi connectivity index (χ3v) is 15.9. The molecule has 8 unspecified atom stereocenters. The molecule has 472 valence electrons. The predicted octanol–water partition coefficient (Wildman–Crippen LogP) is 17.0. The fraction of sp³-hybridized carbons (Fsp3) is 0.829. The quantitative estimate of drug-likeness (QED) is 0.0195. The number of nitrogens with one attached hydrogen (secondary N) is 1. The van der Waals surface area contributed by atoms with Crippen LogP contribution < -0.4 is 5.32 Å². The molecule has 1 rings (SSSR count). The molecule has 0 spiro atoms. The first kappa shape index (κ1) is 76.4. The van der Waals surface area contributed by atoms with Crippen molar-refractivity contribution >= 4 is 11.9 Å². The highest BCUT2D eigenvalue weighted by molar-refractivity contribution is 5.80. The van der Waals surface area contributed by atoms with Gasteiger partial charge < -0.3 is 45.1 Å². The molecule has 6 N–H and O–H groups in total. The average molecular weight is 1140 g/mol. The number of esters is 1. The van der Waals surface area contributed by atoms with Crippen LogP contribution in [-0.4, -0.2) is 99.6 Å². The third-order valence-electron chi connectivity index (χ3n) is 15.9. The number of aliphatic hydroxyl groups excluding tert-OH is 5. The molecule has 8 atom stereocenters. The van der Waals surface area contributed by atoms with Gasteiger partial charge in [-0.1, -0.05) is 274 Å². The number of hydrogen-bond donors (Lipinski definition) is 6. The molecule has 0 saturated carbocycles. The van der Waals surface area contributed by atoms with Gasteiger partial charge in [0.1, 0.15) is 24.4 Å². The lowest BCUT2D eigenvalue weighted by Crippen LogP contribution is -2.61. The van der Waals surface area contributed by atoms with Gasteiger partial charge in [0.05, 0.1) is 25.4 Å². The average Bonchev–Trinajstić information content (AvgIpc) is 3.50. The second kappa shape index (κ2) is 57.8. The Morgan fingerprint density at radius 1 is 0.481 bits per heavy atom. The van der Waals surface area contributed by atoms with E-state index in [4.69, 9.17) is 14.2 Å². The Kier molecular flexibility index (Phi) is 54.5. The van der Waals surface area contributed by atoms with Gasteiger partial charge in [0, 0.05) is 6.42 Å². The van der Waals surface area contributed by atoms with Crippen LogP contribution in [0, 0.1) is 0 Å². The summed E-state index contributed by atoms with van der Waals surface area (Å²) in [5, 5.41) is 57.1. The molecule has 81 heavy (non-hydrogen) atoms. The van der Waals surface area contributed by atoms with Crippen molar-refractivity contribution in [3.05, 3.63) is 60.8 Å². The van der Waals surface area contributed by atoms with Gasteiger partial charge >= 0.3 is 5.97 Å². The molecular weight excluding hydrogens is 1010 g/mol. The van der Waals surface area contributed by atoms with Gasteiger partial charge in [-0.15, -0.1) is 0 Å². The summed E-state index contributed by atoms with van der Waals surface area (Å²) in [6.07, 6.45) is 62.6. The molecule has 0 radical (unpaired) electrons. The highest BCUT2D eigenvalue weighted by Crippen LogP contribution is 2.26. The fourth-order valence-corrected chi connectivity index (χ4v) is 10.5. The summed E-state index contributed by atoms with van der Waals surface area (Å²) >= 11 is 0. The van der Waals surface area contributed by atoms with Crippen LogP contribution >= 0.6 is 0 Å². The number of hydrogen-bond acceptors (Lipinski definition) is 10. The van der Waals surface area contributed by atoms with Gasteiger partial charge in [0.15, 0.2) is 12.4 Å². The molecule has 11 heteroatoms. The van der Waals surface area contributed by atoms with Crippen LogP contribution in [-0.2, 0) is 23.8 Å². The summed E-state index contributed by atoms with van der Waals surface area (Å²) in [5.41, 5.74) is 0. The van der Waals surface area contributed by atoms with E-state index in [9.17, 15) is 35.1 Å². The van der Waals surface area contributed by atoms with Crippen molar-refractivity contribution in [1.29, 1.82) is 0 Å². The summed E-state index contributed by atoms with van der Waals surface area (Å²) < 4.78 is 17.7. The fourth-order valence-electron chi connectivity index (χ4n) is 10.5. The number of carbonyl (C=O) groups excluding carboxylic acids is 2. The topological polar surface area (TPSA) is 175 Å². The molecule has 1 aliphatic heterocycles. The Bertz CT molecular complexity index is 1550. The molecule has 11 nitrogen and oxygen atoms in total. The maximum absolute atomic E-state index is 13.4. The zero-order valence-electron chi connectivity index (χ0n) is 52.4. The summed E-state index contributed by atoms with van der Waals surface area (Å²) in [7, 11) is 0. The molecular formula is C70H127NO10. The maximum Gasteiger partial charge on any atom is 0.306 e. The van der Waals surface area contributed by atoms with Crippen molar-refractivity contribution in [3.8, 4) is 0 Å². The lowest BCUT2D eigenvalue weighted by atomic mass is 9.99. The highest BCUT2D eigenvalue weighted by Gasteiger charge is 2.47. The maximum atomic E-state index is 13.4. The zero-order chi connectivity index (χ0) is 58.9. The second-order valence-electron chi connectivity index (χ2n) is 23.6. The Balaban J connectivity index is 2.58. The first-order valence-corrected chi connectivity index (χ1v) is 34.1. The van der Waals surface area contributed by atoms with Crippen LogP contribution in [0.4, 0.5) is 0 Å². The van der Waals surface area contributed by atoms with Gasteiger partial charge in [0.25, 0.3) is 0 Å². The van der Waals surface area contributed by atoms with E-state index in [0.717, 1.165) is 77.0 Å². The van der Waals surface area contributed by atoms with E-state index in [-0.39, 0.29) is 19.4 Å². The van der Waals surface area contributed by atoms with Crippen LogP contribution in [0.15, 0.2) is 60.8 Å². The van der Waals surface area contributed by atoms with Crippen molar-refractivity contribution in [1.82, 2.24) is 5.32 Å². The number of unbranched alkanes of at least 4 members (excludes halogenated alkanes) is 36. The van der Waals surface area contributed by atoms with Gasteiger partial charge in [0.2, 0.25) is 5.91 Å². The predicted molar refractivity (Wildman–Crippen MR) is 338 cm³/mol. The molecule has 0 aliphatic carbocycles. The summed E-state index contributed by atoms with van der Waals surface area (Å²) in [6, 6.07) is -1.03. The van der Waals surface area contributed by atoms with Crippen LogP contribution in [0.1, 0.15) is 310 Å². The molecule has 1 fully saturated rings. The van der Waals surface area contributed by atoms with Crippen molar-refractivity contribution < 1.29 is 49.3 Å². The Hall–Kier alpha value is -2.64. The molecule has 0 aromatic heterocycles. The lowest BCUT2D eigenvalue weighted by Gasteiger charge is -2.41. The number of ether oxygens (including phenoxy) is 3. The Labute approximate surface area is 497 Å². The summed E-state index contributed by atoms with van der Waals surface area (Å²) in [4.78, 5) is 26.6. The smallest absolute Gasteiger partial charge is 0.306 e. The molecule has 1 aliphatic rings. The van der Waals surface area contributed by atoms with Crippen LogP contribution in [0.25, 0.3) is 0 Å². The minimum atomic E-state index is -1.62. The SMILES string of the molecule is CCCCC/C=C\C/C=C\CCCCCCCCCCCCCCCC(=O)OC1C(OCC(NC(=O)C(O)CCCCCCCCCC/C=C\C/C=C\CCCCC)C(O)/C=C/CCCCCCCCCCC)OC(CO)C(O)C1O. The summed E-state index contributed by atoms with van der Waals surface area (Å²) in [6.45, 7) is 5.76. The van der Waals surface area contributed by atoms with Crippen molar-refractivity contribution in [2.45, 2.75) is 359 Å². The van der Waals surface area contributed by atoms with Crippen LogP contribution in [0.2, 0.25) is 0 Å². The Morgan fingerprint density at radius 2 is 0.852 bits per heavy atom. The number of allylic oxidation sites excluding steroid dienone is 9. The van der Waals surface area contributed by atoms with Gasteiger partial charge in [-0.3, -0.25) is 9.59 Å². The monoisotopic (exact) mass is 1140 g/mol. The van der Waals surface area contributed by atoms with Gasteiger partial charge in [-0.25, -0.2) is 0 Å². The molecule has 0 aromatic rings. The second-order valence-corrected chi connectivity index (χ2v) is 23.6. The van der Waals surface area contributed by atoms with Gasteiger partial charge in [-0.05, 0) is 89.9 Å². The van der Waals surface area contributed by atoms with E-state index >= 15 is 0 Å². The van der Waals surface area contributed by atoms with Gasteiger partial charge in [-0.2, -0.15) is 0 Å². The molecule has 0 aromatic carbocycles. The van der Waals surface area contributed by atoms with Crippen LogP contribution in [0.5, 0.6) is 0 Å². The number of aliphatic hydroxyl groups is 5. The minimum Gasteiger partial charge on any atom is -0.454 e. The van der Waals surface area contributed by atoms with E-state index in [2.05, 4.69) is 74.7 Å². The first-order valence-electron chi connectivity index (χ1n) is 34.1. The third kappa shape index (κ3) is 45.4. The minimum absolute atomic E-state index is 0.122. The molecule has 1 saturated heterocycles. The first-order chi connectivity index (χ1) is 39.7. The zero-order valence-corrected chi connectivity index (χ0v) is 52.4. The van der Waals surface area contributed by atoms with Crippen molar-refractivity contribution in [2.24, 2.45) is 0 Å². The largest absolute Gasteiger partial charge is 0.454 e. The van der Waals surface area contributed by atoms with Crippen LogP contribution in [0.3, 0.4) is 0 Å². The van der Waals surface area contributed by atoms with E-state index in [1.54, 1.807) is 6.08 Å². The number of rotatable bonds is 58. The Morgan fingerprint density at radius 3 is 1.28 bits per heavy atom. The van der Waals surface area contributed by atoms with Crippen molar-refractivity contribution in [3.63, 3.8) is 0 Å². The summed E-state index contributed by atoms with van der Waals surface area (Å²) in [5.74, 6) is -1.19. The number of carbonyl (C=O) groups is 2. The highest BCUT2D eigenvalue weighted by atomic mass is 16.7. The van der Waals surface area contributed by atoms with Crippen molar-refractivity contribution in [2.75, 3.05) is 13.2 Å². The van der Waals surface area contributed by atoms with E-state index in [0.29, 0.717) is 12.8 Å². The lowest BCUT2D eigenvalue weighted by molar-refractivity contribution is -0.305. The molecule has 1 heterocycles. The van der Waals surface area contributed by atoms with E-state index in [1.807, 2.05) is 6.08 Å². The van der Waals surface area contributed by atoms with E-state index < -0.39 is 67.4 Å². The molecule has 1 amide bonds. The number of amides is 1.